The van der Waals surface area contributed by atoms with E-state index in [1.54, 1.807) is 0 Å². The van der Waals surface area contributed by atoms with Crippen LogP contribution in [0.1, 0.15) is 12.8 Å². The molecular weight excluding hydrogens is 174 g/mol. The summed E-state index contributed by atoms with van der Waals surface area (Å²) in [5.74, 6) is -1.04. The SMILES string of the molecule is [C-]#[N+]C(CCC(=O)OC)C(=O)OC. The first-order chi connectivity index (χ1) is 6.15. The molecule has 0 aliphatic heterocycles. The van der Waals surface area contributed by atoms with Gasteiger partial charge in [0.25, 0.3) is 0 Å². The van der Waals surface area contributed by atoms with Crippen molar-refractivity contribution in [1.29, 1.82) is 0 Å². The van der Waals surface area contributed by atoms with Crippen LogP contribution in [0.15, 0.2) is 0 Å². The van der Waals surface area contributed by atoms with E-state index in [0.717, 1.165) is 0 Å². The summed E-state index contributed by atoms with van der Waals surface area (Å²) in [5.41, 5.74) is 0. The quantitative estimate of drug-likeness (QED) is 0.470. The average Bonchev–Trinajstić information content (AvgIpc) is 2.17. The zero-order valence-corrected chi connectivity index (χ0v) is 7.57. The van der Waals surface area contributed by atoms with Crippen molar-refractivity contribution < 1.29 is 19.1 Å². The molecule has 0 aliphatic carbocycles. The minimum atomic E-state index is -0.899. The lowest BCUT2D eigenvalue weighted by Gasteiger charge is -2.01. The van der Waals surface area contributed by atoms with E-state index in [1.165, 1.54) is 14.2 Å². The molecule has 0 rings (SSSR count). The van der Waals surface area contributed by atoms with Gasteiger partial charge in [0, 0.05) is 6.42 Å². The van der Waals surface area contributed by atoms with Gasteiger partial charge in [-0.05, 0) is 0 Å². The van der Waals surface area contributed by atoms with Crippen LogP contribution >= 0.6 is 0 Å². The highest BCUT2D eigenvalue weighted by molar-refractivity contribution is 5.78. The van der Waals surface area contributed by atoms with Crippen LogP contribution in [0.25, 0.3) is 4.85 Å². The van der Waals surface area contributed by atoms with E-state index < -0.39 is 18.0 Å². The third kappa shape index (κ3) is 4.11. The Hall–Kier alpha value is -1.57. The zero-order chi connectivity index (χ0) is 10.3. The number of ether oxygens (including phenoxy) is 2. The molecule has 5 nitrogen and oxygen atoms in total. The van der Waals surface area contributed by atoms with Crippen LogP contribution in [0.4, 0.5) is 0 Å². The lowest BCUT2D eigenvalue weighted by molar-refractivity contribution is -0.142. The smallest absolute Gasteiger partial charge is 0.389 e. The molecule has 0 radical (unpaired) electrons. The molecule has 0 bridgehead atoms. The van der Waals surface area contributed by atoms with Crippen LogP contribution in [0.2, 0.25) is 0 Å². The fraction of sp³-hybridized carbons (Fsp3) is 0.625. The maximum Gasteiger partial charge on any atom is 0.389 e. The molecule has 0 heterocycles. The van der Waals surface area contributed by atoms with Crippen LogP contribution in [0, 0.1) is 6.57 Å². The monoisotopic (exact) mass is 185 g/mol. The fourth-order valence-corrected chi connectivity index (χ4v) is 0.728. The van der Waals surface area contributed by atoms with Gasteiger partial charge < -0.3 is 14.3 Å². The van der Waals surface area contributed by atoms with E-state index >= 15 is 0 Å². The second-order valence-electron chi connectivity index (χ2n) is 2.28. The zero-order valence-electron chi connectivity index (χ0n) is 7.57. The Labute approximate surface area is 76.4 Å². The van der Waals surface area contributed by atoms with E-state index in [0.29, 0.717) is 0 Å². The molecule has 5 heteroatoms. The topological polar surface area (TPSA) is 57.0 Å². The second-order valence-corrected chi connectivity index (χ2v) is 2.28. The summed E-state index contributed by atoms with van der Waals surface area (Å²) >= 11 is 0. The van der Waals surface area contributed by atoms with Gasteiger partial charge in [0.15, 0.2) is 0 Å². The number of rotatable bonds is 4. The molecule has 0 saturated carbocycles. The predicted octanol–water partition coefficient (Wildman–Crippen LogP) is 0.400. The van der Waals surface area contributed by atoms with Gasteiger partial charge in [0.2, 0.25) is 0 Å². The molecule has 1 atom stereocenters. The molecule has 13 heavy (non-hydrogen) atoms. The average molecular weight is 185 g/mol. The second kappa shape index (κ2) is 6.00. The van der Waals surface area contributed by atoms with E-state index in [4.69, 9.17) is 6.57 Å². The lowest BCUT2D eigenvalue weighted by Crippen LogP contribution is -2.19. The van der Waals surface area contributed by atoms with Gasteiger partial charge in [-0.2, -0.15) is 0 Å². The Morgan fingerprint density at radius 1 is 1.38 bits per heavy atom. The molecule has 0 fully saturated rings. The summed E-state index contributed by atoms with van der Waals surface area (Å²) in [6.45, 7) is 6.67. The molecule has 0 aromatic heterocycles. The summed E-state index contributed by atoms with van der Waals surface area (Å²) < 4.78 is 8.73. The number of esters is 2. The standard InChI is InChI=1S/C8H11NO4/c1-9-6(8(11)13-3)4-5-7(10)12-2/h6H,4-5H2,2-3H3. The number of nitrogens with zero attached hydrogens (tertiary/aromatic N) is 1. The molecule has 0 aliphatic rings. The molecule has 0 saturated heterocycles. The van der Waals surface area contributed by atoms with Crippen LogP contribution in [-0.4, -0.2) is 32.2 Å². The van der Waals surface area contributed by atoms with Crippen LogP contribution in [-0.2, 0) is 19.1 Å². The Kier molecular flexibility index (Phi) is 5.28. The van der Waals surface area contributed by atoms with Crippen molar-refractivity contribution in [1.82, 2.24) is 0 Å². The van der Waals surface area contributed by atoms with Gasteiger partial charge in [-0.1, -0.05) is 0 Å². The fourth-order valence-electron chi connectivity index (χ4n) is 0.728. The predicted molar refractivity (Wildman–Crippen MR) is 43.7 cm³/mol. The third-order valence-electron chi connectivity index (χ3n) is 1.48. The number of carbonyl (C=O) groups is 2. The molecule has 0 aromatic carbocycles. The van der Waals surface area contributed by atoms with Crippen molar-refractivity contribution in [2.45, 2.75) is 18.9 Å². The van der Waals surface area contributed by atoms with Gasteiger partial charge in [-0.15, -0.1) is 0 Å². The normalized spacial score (nSPS) is 11.2. The third-order valence-corrected chi connectivity index (χ3v) is 1.48. The molecule has 0 N–H and O–H groups in total. The van der Waals surface area contributed by atoms with Crippen molar-refractivity contribution >= 4 is 11.9 Å². The highest BCUT2D eigenvalue weighted by Gasteiger charge is 2.24. The Balaban J connectivity index is 3.94. The number of carbonyl (C=O) groups excluding carboxylic acids is 2. The number of methoxy groups -OCH3 is 2. The first-order valence-electron chi connectivity index (χ1n) is 3.67. The van der Waals surface area contributed by atoms with Gasteiger partial charge in [0.1, 0.15) is 0 Å². The minimum Gasteiger partial charge on any atom is -0.469 e. The minimum absolute atomic E-state index is 0.0542. The van der Waals surface area contributed by atoms with E-state index in [-0.39, 0.29) is 12.8 Å². The first-order valence-corrected chi connectivity index (χ1v) is 3.67. The van der Waals surface area contributed by atoms with E-state index in [2.05, 4.69) is 14.3 Å². The molecule has 0 spiro atoms. The lowest BCUT2D eigenvalue weighted by atomic mass is 10.2. The first kappa shape index (κ1) is 11.4. The van der Waals surface area contributed by atoms with Gasteiger partial charge in [0.05, 0.1) is 20.6 Å². The summed E-state index contributed by atoms with van der Waals surface area (Å²) in [4.78, 5) is 24.6. The molecular formula is C8H11NO4. The van der Waals surface area contributed by atoms with Crippen molar-refractivity contribution in [3.63, 3.8) is 0 Å². The highest BCUT2D eigenvalue weighted by Crippen LogP contribution is 2.04. The summed E-state index contributed by atoms with van der Waals surface area (Å²) in [6, 6.07) is -0.899. The maximum absolute atomic E-state index is 10.9. The van der Waals surface area contributed by atoms with Gasteiger partial charge in [-0.25, -0.2) is 11.4 Å². The van der Waals surface area contributed by atoms with E-state index in [9.17, 15) is 9.59 Å². The molecule has 72 valence electrons. The molecule has 1 unspecified atom stereocenters. The number of hydrogen-bond donors (Lipinski definition) is 0. The summed E-state index contributed by atoms with van der Waals surface area (Å²) in [5, 5.41) is 0. The van der Waals surface area contributed by atoms with Crippen LogP contribution in [0.5, 0.6) is 0 Å². The van der Waals surface area contributed by atoms with Crippen molar-refractivity contribution in [2.24, 2.45) is 0 Å². The Bertz CT molecular complexity index is 231. The number of hydrogen-bond acceptors (Lipinski definition) is 4. The summed E-state index contributed by atoms with van der Waals surface area (Å²) in [7, 11) is 2.46. The maximum atomic E-state index is 10.9. The van der Waals surface area contributed by atoms with Crippen molar-refractivity contribution in [3.8, 4) is 0 Å². The summed E-state index contributed by atoms with van der Waals surface area (Å²) in [6.07, 6.45) is 0.196. The van der Waals surface area contributed by atoms with Crippen molar-refractivity contribution in [3.05, 3.63) is 11.4 Å². The van der Waals surface area contributed by atoms with Gasteiger partial charge in [-0.3, -0.25) is 4.79 Å². The largest absolute Gasteiger partial charge is 0.469 e. The highest BCUT2D eigenvalue weighted by atomic mass is 16.5. The van der Waals surface area contributed by atoms with Crippen LogP contribution < -0.4 is 0 Å². The molecule has 0 aromatic rings. The Morgan fingerprint density at radius 2 is 2.00 bits per heavy atom. The Morgan fingerprint density at radius 3 is 2.38 bits per heavy atom. The van der Waals surface area contributed by atoms with E-state index in [1.807, 2.05) is 0 Å². The van der Waals surface area contributed by atoms with Crippen LogP contribution in [0.3, 0.4) is 0 Å². The van der Waals surface area contributed by atoms with Crippen molar-refractivity contribution in [2.75, 3.05) is 14.2 Å². The molecule has 0 amide bonds. The van der Waals surface area contributed by atoms with Gasteiger partial charge >= 0.3 is 18.0 Å².